The Balaban J connectivity index is 1.26. The molecule has 1 saturated carbocycles. The quantitative estimate of drug-likeness (QED) is 0.410. The van der Waals surface area contributed by atoms with Crippen molar-refractivity contribution in [2.75, 3.05) is 5.73 Å². The first-order valence-corrected chi connectivity index (χ1v) is 11.4. The van der Waals surface area contributed by atoms with Crippen molar-refractivity contribution < 1.29 is 9.90 Å². The number of carbonyl (C=O) groups excluding carboxylic acids is 1. The number of amides is 1. The van der Waals surface area contributed by atoms with Crippen molar-refractivity contribution in [1.29, 1.82) is 0 Å². The maximum atomic E-state index is 12.8. The van der Waals surface area contributed by atoms with Crippen LogP contribution in [0.1, 0.15) is 44.5 Å². The third-order valence-electron chi connectivity index (χ3n) is 6.54. The lowest BCUT2D eigenvalue weighted by molar-refractivity contribution is -0.123. The number of rotatable bonds is 6. The van der Waals surface area contributed by atoms with Crippen LogP contribution >= 0.6 is 0 Å². The smallest absolute Gasteiger partial charge is 0.220 e. The van der Waals surface area contributed by atoms with Crippen LogP contribution < -0.4 is 11.1 Å². The summed E-state index contributed by atoms with van der Waals surface area (Å²) in [5, 5.41) is 14.1. The second kappa shape index (κ2) is 8.78. The first-order valence-electron chi connectivity index (χ1n) is 11.4. The Kier molecular flexibility index (Phi) is 5.67. The minimum atomic E-state index is -0.753. The van der Waals surface area contributed by atoms with Crippen LogP contribution in [0.5, 0.6) is 0 Å². The van der Waals surface area contributed by atoms with Gasteiger partial charge in [0.05, 0.1) is 35.5 Å². The molecular weight excluding hydrogens is 420 g/mol. The Hall–Kier alpha value is -3.53. The molecule has 1 fully saturated rings. The number of hydrogen-bond donors (Lipinski definition) is 3. The van der Waals surface area contributed by atoms with Crippen molar-refractivity contribution in [3.63, 3.8) is 0 Å². The SMILES string of the molecule is CCn1c(CCC(=O)N[C@H]2CCC[C@H](n3cnc4c(N)ncnc43)[C@H]2O)nc2ccccc21. The Morgan fingerprint density at radius 3 is 2.94 bits per heavy atom. The average Bonchev–Trinajstić information content (AvgIpc) is 3.41. The van der Waals surface area contributed by atoms with E-state index in [2.05, 4.69) is 31.8 Å². The largest absolute Gasteiger partial charge is 0.389 e. The molecule has 4 aromatic rings. The van der Waals surface area contributed by atoms with E-state index < -0.39 is 6.10 Å². The predicted molar refractivity (Wildman–Crippen MR) is 124 cm³/mol. The number of aromatic nitrogens is 6. The number of carbonyl (C=O) groups is 1. The molecule has 33 heavy (non-hydrogen) atoms. The maximum Gasteiger partial charge on any atom is 0.220 e. The van der Waals surface area contributed by atoms with Gasteiger partial charge in [-0.05, 0) is 38.3 Å². The molecule has 1 aliphatic carbocycles. The molecule has 3 heterocycles. The van der Waals surface area contributed by atoms with Crippen LogP contribution in [-0.2, 0) is 17.8 Å². The zero-order valence-electron chi connectivity index (χ0n) is 18.6. The number of benzene rings is 1. The van der Waals surface area contributed by atoms with Crippen molar-refractivity contribution >= 4 is 33.9 Å². The molecule has 1 aromatic carbocycles. The van der Waals surface area contributed by atoms with Gasteiger partial charge in [0, 0.05) is 19.4 Å². The molecule has 10 nitrogen and oxygen atoms in total. The first kappa shape index (κ1) is 21.3. The molecule has 0 radical (unpaired) electrons. The lowest BCUT2D eigenvalue weighted by Gasteiger charge is -2.36. The first-order chi connectivity index (χ1) is 16.1. The highest BCUT2D eigenvalue weighted by Gasteiger charge is 2.35. The molecule has 10 heteroatoms. The lowest BCUT2D eigenvalue weighted by Crippen LogP contribution is -2.49. The van der Waals surface area contributed by atoms with Crippen LogP contribution in [-0.4, -0.2) is 52.2 Å². The van der Waals surface area contributed by atoms with Crippen molar-refractivity contribution in [3.05, 3.63) is 42.7 Å². The fourth-order valence-corrected chi connectivity index (χ4v) is 4.90. The van der Waals surface area contributed by atoms with Gasteiger partial charge in [0.15, 0.2) is 11.5 Å². The maximum absolute atomic E-state index is 12.8. The highest BCUT2D eigenvalue weighted by molar-refractivity contribution is 5.81. The van der Waals surface area contributed by atoms with E-state index in [1.807, 2.05) is 28.8 Å². The normalized spacial score (nSPS) is 21.0. The number of aliphatic hydroxyl groups excluding tert-OH is 1. The second-order valence-corrected chi connectivity index (χ2v) is 8.51. The highest BCUT2D eigenvalue weighted by atomic mass is 16.3. The summed E-state index contributed by atoms with van der Waals surface area (Å²) in [6, 6.07) is 7.42. The van der Waals surface area contributed by atoms with Crippen LogP contribution in [0, 0.1) is 0 Å². The zero-order valence-corrected chi connectivity index (χ0v) is 18.6. The summed E-state index contributed by atoms with van der Waals surface area (Å²) < 4.78 is 3.99. The Morgan fingerprint density at radius 1 is 1.24 bits per heavy atom. The van der Waals surface area contributed by atoms with E-state index >= 15 is 0 Å². The zero-order chi connectivity index (χ0) is 22.9. The molecule has 0 spiro atoms. The van der Waals surface area contributed by atoms with Gasteiger partial charge in [-0.15, -0.1) is 0 Å². The number of hydrogen-bond acceptors (Lipinski definition) is 7. The minimum Gasteiger partial charge on any atom is -0.389 e. The standard InChI is InChI=1S/C23H28N8O2/c1-2-30-16-8-4-3-6-14(16)28-18(30)10-11-19(32)29-15-7-5-9-17(21(15)33)31-13-27-20-22(24)25-12-26-23(20)31/h3-4,6,8,12-13,15,17,21,33H,2,5,7,9-11H2,1H3,(H,29,32)(H2,24,25,26)/t15-,17-,21-/m0/s1. The number of aryl methyl sites for hydroxylation is 2. The summed E-state index contributed by atoms with van der Waals surface area (Å²) in [5.41, 5.74) is 9.04. The predicted octanol–water partition coefficient (Wildman–Crippen LogP) is 1.98. The number of fused-ring (bicyclic) bond motifs is 2. The van der Waals surface area contributed by atoms with E-state index in [-0.39, 0.29) is 18.0 Å². The monoisotopic (exact) mass is 448 g/mol. The highest BCUT2D eigenvalue weighted by Crippen LogP contribution is 2.31. The summed E-state index contributed by atoms with van der Waals surface area (Å²) in [6.45, 7) is 2.88. The van der Waals surface area contributed by atoms with Gasteiger partial charge < -0.3 is 25.3 Å². The van der Waals surface area contributed by atoms with Gasteiger partial charge in [0.2, 0.25) is 5.91 Å². The molecule has 0 saturated heterocycles. The van der Waals surface area contributed by atoms with E-state index in [0.717, 1.165) is 42.7 Å². The number of nitrogen functional groups attached to an aromatic ring is 1. The summed E-state index contributed by atoms with van der Waals surface area (Å²) in [6.07, 6.45) is 5.51. The van der Waals surface area contributed by atoms with Crippen LogP contribution in [0.15, 0.2) is 36.9 Å². The van der Waals surface area contributed by atoms with Gasteiger partial charge >= 0.3 is 0 Å². The fraction of sp³-hybridized carbons (Fsp3) is 0.435. The molecule has 0 aliphatic heterocycles. The van der Waals surface area contributed by atoms with Gasteiger partial charge in [-0.2, -0.15) is 0 Å². The van der Waals surface area contributed by atoms with Gasteiger partial charge in [-0.3, -0.25) is 4.79 Å². The molecule has 1 aliphatic rings. The van der Waals surface area contributed by atoms with Gasteiger partial charge in [0.25, 0.3) is 0 Å². The number of nitrogens with one attached hydrogen (secondary N) is 1. The number of imidazole rings is 2. The van der Waals surface area contributed by atoms with Crippen molar-refractivity contribution in [3.8, 4) is 0 Å². The van der Waals surface area contributed by atoms with Crippen LogP contribution in [0.3, 0.4) is 0 Å². The molecule has 172 valence electrons. The summed E-state index contributed by atoms with van der Waals surface area (Å²) in [4.78, 5) is 30.1. The van der Waals surface area contributed by atoms with E-state index in [1.54, 1.807) is 6.33 Å². The molecule has 3 atom stereocenters. The third-order valence-corrected chi connectivity index (χ3v) is 6.54. The summed E-state index contributed by atoms with van der Waals surface area (Å²) in [7, 11) is 0. The minimum absolute atomic E-state index is 0.0866. The average molecular weight is 449 g/mol. The van der Waals surface area contributed by atoms with Crippen LogP contribution in [0.25, 0.3) is 22.2 Å². The van der Waals surface area contributed by atoms with E-state index in [1.165, 1.54) is 6.33 Å². The van der Waals surface area contributed by atoms with E-state index in [0.29, 0.717) is 29.8 Å². The molecule has 1 amide bonds. The molecule has 4 N–H and O–H groups in total. The van der Waals surface area contributed by atoms with Crippen LogP contribution in [0.2, 0.25) is 0 Å². The van der Waals surface area contributed by atoms with E-state index in [9.17, 15) is 9.90 Å². The van der Waals surface area contributed by atoms with Gasteiger partial charge in [0.1, 0.15) is 17.7 Å². The van der Waals surface area contributed by atoms with Crippen molar-refractivity contribution in [1.82, 2.24) is 34.4 Å². The van der Waals surface area contributed by atoms with Gasteiger partial charge in [-0.25, -0.2) is 19.9 Å². The molecule has 0 unspecified atom stereocenters. The molecule has 3 aromatic heterocycles. The molecule has 5 rings (SSSR count). The molecule has 0 bridgehead atoms. The Morgan fingerprint density at radius 2 is 2.09 bits per heavy atom. The number of anilines is 1. The van der Waals surface area contributed by atoms with Crippen molar-refractivity contribution in [2.24, 2.45) is 0 Å². The van der Waals surface area contributed by atoms with Crippen LogP contribution in [0.4, 0.5) is 5.82 Å². The Bertz CT molecular complexity index is 1300. The third kappa shape index (κ3) is 3.91. The fourth-order valence-electron chi connectivity index (χ4n) is 4.90. The Labute approximate surface area is 190 Å². The van der Waals surface area contributed by atoms with E-state index in [4.69, 9.17) is 10.7 Å². The molecular formula is C23H28N8O2. The summed E-state index contributed by atoms with van der Waals surface area (Å²) >= 11 is 0. The van der Waals surface area contributed by atoms with Gasteiger partial charge in [-0.1, -0.05) is 12.1 Å². The number of aliphatic hydroxyl groups is 1. The second-order valence-electron chi connectivity index (χ2n) is 8.51. The number of nitrogens with two attached hydrogens (primary N) is 1. The van der Waals surface area contributed by atoms with Crippen molar-refractivity contribution in [2.45, 2.75) is 63.8 Å². The topological polar surface area (TPSA) is 137 Å². The summed E-state index contributed by atoms with van der Waals surface area (Å²) in [5.74, 6) is 1.13. The number of nitrogens with zero attached hydrogens (tertiary/aromatic N) is 6. The number of para-hydroxylation sites is 2. The lowest BCUT2D eigenvalue weighted by atomic mass is 9.87.